The van der Waals surface area contributed by atoms with E-state index in [1.807, 2.05) is 0 Å². The number of methoxy groups -OCH3 is 1. The maximum absolute atomic E-state index is 10.3. The third kappa shape index (κ3) is 2.28. The van der Waals surface area contributed by atoms with Crippen LogP contribution in [0.15, 0.2) is 18.2 Å². The summed E-state index contributed by atoms with van der Waals surface area (Å²) < 4.78 is 5.21. The molecule has 2 rings (SSSR count). The van der Waals surface area contributed by atoms with E-state index in [4.69, 9.17) is 4.74 Å². The van der Waals surface area contributed by atoms with E-state index >= 15 is 0 Å². The molecule has 1 N–H and O–H groups in total. The lowest BCUT2D eigenvalue weighted by molar-refractivity contribution is -0.126. The van der Waals surface area contributed by atoms with Crippen LogP contribution in [-0.4, -0.2) is 23.9 Å². The van der Waals surface area contributed by atoms with Crippen LogP contribution in [0.2, 0.25) is 0 Å². The second kappa shape index (κ2) is 4.19. The van der Waals surface area contributed by atoms with E-state index in [2.05, 4.69) is 32.0 Å². The Labute approximate surface area is 97.3 Å². The van der Waals surface area contributed by atoms with Crippen molar-refractivity contribution in [2.75, 3.05) is 7.11 Å². The Kier molecular flexibility index (Phi) is 3.04. The zero-order valence-corrected chi connectivity index (χ0v) is 10.3. The molecule has 0 radical (unpaired) electrons. The highest BCUT2D eigenvalue weighted by Crippen LogP contribution is 2.37. The van der Waals surface area contributed by atoms with Crippen molar-refractivity contribution in [1.82, 2.24) is 0 Å². The molecule has 1 aromatic carbocycles. The van der Waals surface area contributed by atoms with Gasteiger partial charge in [-0.25, -0.2) is 0 Å². The Morgan fingerprint density at radius 1 is 1.38 bits per heavy atom. The molecule has 16 heavy (non-hydrogen) atoms. The Morgan fingerprint density at radius 2 is 2.06 bits per heavy atom. The average molecular weight is 220 g/mol. The maximum atomic E-state index is 10.3. The van der Waals surface area contributed by atoms with Crippen molar-refractivity contribution < 1.29 is 9.84 Å². The molecule has 1 saturated carbocycles. The van der Waals surface area contributed by atoms with Crippen LogP contribution in [0, 0.1) is 13.8 Å². The molecule has 0 spiro atoms. The fourth-order valence-corrected chi connectivity index (χ4v) is 2.44. The van der Waals surface area contributed by atoms with Crippen molar-refractivity contribution >= 4 is 0 Å². The highest BCUT2D eigenvalue weighted by atomic mass is 16.5. The number of hydrogen-bond donors (Lipinski definition) is 1. The molecule has 0 aliphatic heterocycles. The Balaban J connectivity index is 2.07. The zero-order valence-electron chi connectivity index (χ0n) is 10.3. The predicted octanol–water partition coefficient (Wildman–Crippen LogP) is 2.39. The van der Waals surface area contributed by atoms with Gasteiger partial charge in [-0.1, -0.05) is 23.8 Å². The van der Waals surface area contributed by atoms with Gasteiger partial charge in [-0.2, -0.15) is 0 Å². The van der Waals surface area contributed by atoms with Crippen molar-refractivity contribution in [1.29, 1.82) is 0 Å². The summed E-state index contributed by atoms with van der Waals surface area (Å²) in [4.78, 5) is 0. The summed E-state index contributed by atoms with van der Waals surface area (Å²) in [6.07, 6.45) is 2.52. The van der Waals surface area contributed by atoms with E-state index in [0.717, 1.165) is 19.3 Å². The summed E-state index contributed by atoms with van der Waals surface area (Å²) in [5.74, 6) is 0. The molecule has 1 fully saturated rings. The number of ether oxygens (including phenoxy) is 1. The third-order valence-electron chi connectivity index (χ3n) is 3.57. The molecule has 0 heterocycles. The average Bonchev–Trinajstić information content (AvgIpc) is 2.19. The first-order valence-corrected chi connectivity index (χ1v) is 5.84. The van der Waals surface area contributed by atoms with Gasteiger partial charge in [-0.15, -0.1) is 0 Å². The lowest BCUT2D eigenvalue weighted by atomic mass is 9.73. The highest BCUT2D eigenvalue weighted by Gasteiger charge is 2.42. The van der Waals surface area contributed by atoms with Gasteiger partial charge in [0.2, 0.25) is 0 Å². The minimum absolute atomic E-state index is 0.245. The van der Waals surface area contributed by atoms with Gasteiger partial charge in [0, 0.05) is 26.4 Å². The molecule has 0 amide bonds. The van der Waals surface area contributed by atoms with Crippen LogP contribution in [0.3, 0.4) is 0 Å². The van der Waals surface area contributed by atoms with E-state index in [1.54, 1.807) is 7.11 Å². The van der Waals surface area contributed by atoms with E-state index < -0.39 is 5.60 Å². The van der Waals surface area contributed by atoms with Crippen molar-refractivity contribution in [3.63, 3.8) is 0 Å². The fraction of sp³-hybridized carbons (Fsp3) is 0.571. The molecule has 0 unspecified atom stereocenters. The standard InChI is InChI=1S/C14H20O2/c1-10-4-5-11(2)12(6-10)7-14(15)8-13(9-14)16-3/h4-6,13,15H,7-9H2,1-3H3. The molecule has 0 saturated heterocycles. The Hall–Kier alpha value is -0.860. The van der Waals surface area contributed by atoms with Crippen LogP contribution in [0.25, 0.3) is 0 Å². The van der Waals surface area contributed by atoms with E-state index in [1.165, 1.54) is 16.7 Å². The summed E-state index contributed by atoms with van der Waals surface area (Å²) in [7, 11) is 1.71. The van der Waals surface area contributed by atoms with Crippen molar-refractivity contribution in [3.8, 4) is 0 Å². The van der Waals surface area contributed by atoms with Gasteiger partial charge in [0.25, 0.3) is 0 Å². The molecule has 1 aliphatic rings. The van der Waals surface area contributed by atoms with Crippen molar-refractivity contribution in [2.45, 2.75) is 44.8 Å². The molecular formula is C14H20O2. The molecule has 88 valence electrons. The van der Waals surface area contributed by atoms with Gasteiger partial charge < -0.3 is 9.84 Å². The summed E-state index contributed by atoms with van der Waals surface area (Å²) in [5.41, 5.74) is 3.24. The molecule has 2 heteroatoms. The number of aliphatic hydroxyl groups is 1. The molecule has 2 nitrogen and oxygen atoms in total. The molecule has 0 aromatic heterocycles. The maximum Gasteiger partial charge on any atom is 0.0737 e. The van der Waals surface area contributed by atoms with Gasteiger partial charge >= 0.3 is 0 Å². The first kappa shape index (κ1) is 11.6. The second-order valence-corrected chi connectivity index (χ2v) is 5.10. The molecule has 1 aromatic rings. The smallest absolute Gasteiger partial charge is 0.0737 e. The monoisotopic (exact) mass is 220 g/mol. The van der Waals surface area contributed by atoms with E-state index in [0.29, 0.717) is 0 Å². The number of aryl methyl sites for hydroxylation is 2. The largest absolute Gasteiger partial charge is 0.389 e. The lowest BCUT2D eigenvalue weighted by Gasteiger charge is -2.43. The van der Waals surface area contributed by atoms with Crippen LogP contribution in [-0.2, 0) is 11.2 Å². The minimum atomic E-state index is -0.542. The van der Waals surface area contributed by atoms with Crippen LogP contribution in [0.1, 0.15) is 29.5 Å². The second-order valence-electron chi connectivity index (χ2n) is 5.10. The van der Waals surface area contributed by atoms with Crippen molar-refractivity contribution in [2.24, 2.45) is 0 Å². The Bertz CT molecular complexity index is 378. The predicted molar refractivity (Wildman–Crippen MR) is 64.6 cm³/mol. The van der Waals surface area contributed by atoms with Crippen LogP contribution in [0.5, 0.6) is 0 Å². The fourth-order valence-electron chi connectivity index (χ4n) is 2.44. The summed E-state index contributed by atoms with van der Waals surface area (Å²) >= 11 is 0. The summed E-state index contributed by atoms with van der Waals surface area (Å²) in [6.45, 7) is 4.19. The number of benzene rings is 1. The molecule has 1 aliphatic carbocycles. The van der Waals surface area contributed by atoms with Crippen LogP contribution >= 0.6 is 0 Å². The third-order valence-corrected chi connectivity index (χ3v) is 3.57. The van der Waals surface area contributed by atoms with Gasteiger partial charge in [0.1, 0.15) is 0 Å². The number of hydrogen-bond acceptors (Lipinski definition) is 2. The first-order valence-electron chi connectivity index (χ1n) is 5.84. The van der Waals surface area contributed by atoms with E-state index in [9.17, 15) is 5.11 Å². The normalized spacial score (nSPS) is 28.9. The van der Waals surface area contributed by atoms with E-state index in [-0.39, 0.29) is 6.10 Å². The van der Waals surface area contributed by atoms with Crippen LogP contribution < -0.4 is 0 Å². The topological polar surface area (TPSA) is 29.5 Å². The highest BCUT2D eigenvalue weighted by molar-refractivity contribution is 5.32. The molecule has 0 bridgehead atoms. The summed E-state index contributed by atoms with van der Waals surface area (Å²) in [6, 6.07) is 6.41. The number of rotatable bonds is 3. The van der Waals surface area contributed by atoms with Gasteiger partial charge in [-0.3, -0.25) is 0 Å². The first-order chi connectivity index (χ1) is 7.52. The van der Waals surface area contributed by atoms with Gasteiger partial charge in [0.15, 0.2) is 0 Å². The Morgan fingerprint density at radius 3 is 2.69 bits per heavy atom. The van der Waals surface area contributed by atoms with Gasteiger partial charge in [-0.05, 0) is 25.0 Å². The zero-order chi connectivity index (χ0) is 11.8. The van der Waals surface area contributed by atoms with Crippen LogP contribution in [0.4, 0.5) is 0 Å². The molecule has 0 atom stereocenters. The quantitative estimate of drug-likeness (QED) is 0.847. The van der Waals surface area contributed by atoms with Gasteiger partial charge in [0.05, 0.1) is 11.7 Å². The minimum Gasteiger partial charge on any atom is -0.389 e. The SMILES string of the molecule is COC1CC(O)(Cc2cc(C)ccc2C)C1. The molecular weight excluding hydrogens is 200 g/mol. The van der Waals surface area contributed by atoms with Crippen molar-refractivity contribution in [3.05, 3.63) is 34.9 Å². The lowest BCUT2D eigenvalue weighted by Crippen LogP contribution is -2.49. The summed E-state index contributed by atoms with van der Waals surface area (Å²) in [5, 5.41) is 10.3.